The fraction of sp³-hybridized carbons (Fsp3) is 0.833. The van der Waals surface area contributed by atoms with Crippen molar-refractivity contribution in [1.82, 2.24) is 10.3 Å². The molecule has 0 fully saturated rings. The van der Waals surface area contributed by atoms with E-state index in [1.54, 1.807) is 0 Å². The zero-order valence-corrected chi connectivity index (χ0v) is 15.9. The summed E-state index contributed by atoms with van der Waals surface area (Å²) in [5, 5.41) is 7.23. The maximum absolute atomic E-state index is 4.80. The van der Waals surface area contributed by atoms with Crippen LogP contribution in [0.2, 0.25) is 0 Å². The van der Waals surface area contributed by atoms with E-state index in [2.05, 4.69) is 59.2 Å². The second-order valence-corrected chi connectivity index (χ2v) is 9.08. The van der Waals surface area contributed by atoms with Crippen LogP contribution in [-0.4, -0.2) is 17.6 Å². The number of nitrogens with one attached hydrogen (secondary N) is 1. The summed E-state index contributed by atoms with van der Waals surface area (Å²) in [5.41, 5.74) is 1.74. The number of hydrogen-bond acceptors (Lipinski definition) is 3. The molecule has 122 valence electrons. The average molecular weight is 311 g/mol. The molecule has 0 aliphatic rings. The first-order chi connectivity index (χ1) is 9.64. The minimum Gasteiger partial charge on any atom is -0.313 e. The van der Waals surface area contributed by atoms with Gasteiger partial charge in [0.25, 0.3) is 0 Å². The van der Waals surface area contributed by atoms with E-state index in [-0.39, 0.29) is 5.41 Å². The molecule has 21 heavy (non-hydrogen) atoms. The average Bonchev–Trinajstić information content (AvgIpc) is 2.80. The van der Waals surface area contributed by atoms with Gasteiger partial charge in [-0.2, -0.15) is 0 Å². The van der Waals surface area contributed by atoms with E-state index in [0.29, 0.717) is 11.5 Å². The van der Waals surface area contributed by atoms with Gasteiger partial charge in [-0.3, -0.25) is 0 Å². The fourth-order valence-electron chi connectivity index (χ4n) is 2.39. The van der Waals surface area contributed by atoms with Crippen molar-refractivity contribution in [2.75, 3.05) is 6.54 Å². The summed E-state index contributed by atoms with van der Waals surface area (Å²) in [6.07, 6.45) is 4.76. The van der Waals surface area contributed by atoms with E-state index in [4.69, 9.17) is 4.98 Å². The van der Waals surface area contributed by atoms with Crippen LogP contribution in [-0.2, 0) is 11.8 Å². The van der Waals surface area contributed by atoms with Crippen molar-refractivity contribution in [1.29, 1.82) is 0 Å². The highest BCUT2D eigenvalue weighted by Crippen LogP contribution is 2.26. The SMILES string of the molecule is CCCNC(CCCc1nc(C(C)(C)C)cs1)C(C)(C)C. The second-order valence-electron chi connectivity index (χ2n) is 8.14. The highest BCUT2D eigenvalue weighted by atomic mass is 32.1. The molecule has 2 nitrogen and oxygen atoms in total. The summed E-state index contributed by atoms with van der Waals surface area (Å²) >= 11 is 1.82. The molecule has 3 heteroatoms. The third kappa shape index (κ3) is 6.48. The minimum absolute atomic E-state index is 0.172. The second kappa shape index (κ2) is 7.73. The highest BCUT2D eigenvalue weighted by Gasteiger charge is 2.23. The lowest BCUT2D eigenvalue weighted by Gasteiger charge is -2.31. The maximum atomic E-state index is 4.80. The number of aryl methyl sites for hydroxylation is 1. The quantitative estimate of drug-likeness (QED) is 0.751. The molecule has 0 bridgehead atoms. The molecule has 0 radical (unpaired) electrons. The van der Waals surface area contributed by atoms with E-state index in [1.807, 2.05) is 11.3 Å². The number of thiazole rings is 1. The van der Waals surface area contributed by atoms with Crippen molar-refractivity contribution in [3.8, 4) is 0 Å². The first kappa shape index (κ1) is 18.6. The molecule has 0 aromatic carbocycles. The molecule has 0 aliphatic carbocycles. The smallest absolute Gasteiger partial charge is 0.0928 e. The maximum Gasteiger partial charge on any atom is 0.0928 e. The molecule has 1 rings (SSSR count). The lowest BCUT2D eigenvalue weighted by molar-refractivity contribution is 0.251. The zero-order chi connectivity index (χ0) is 16.1. The van der Waals surface area contributed by atoms with Crippen molar-refractivity contribution in [2.45, 2.75) is 85.6 Å². The molecule has 0 saturated heterocycles. The lowest BCUT2D eigenvalue weighted by atomic mass is 9.83. The standard InChI is InChI=1S/C18H34N2S/c1-8-12-19-14(17(2,3)4)10-9-11-16-20-15(13-21-16)18(5,6)7/h13-14,19H,8-12H2,1-7H3. The minimum atomic E-state index is 0.172. The number of nitrogens with zero attached hydrogens (tertiary/aromatic N) is 1. The summed E-state index contributed by atoms with van der Waals surface area (Å²) in [4.78, 5) is 4.80. The lowest BCUT2D eigenvalue weighted by Crippen LogP contribution is -2.40. The predicted molar refractivity (Wildman–Crippen MR) is 95.3 cm³/mol. The van der Waals surface area contributed by atoms with Gasteiger partial charge in [0.1, 0.15) is 0 Å². The highest BCUT2D eigenvalue weighted by molar-refractivity contribution is 7.09. The van der Waals surface area contributed by atoms with Gasteiger partial charge in [-0.25, -0.2) is 4.98 Å². The summed E-state index contributed by atoms with van der Waals surface area (Å²) in [5.74, 6) is 0. The van der Waals surface area contributed by atoms with Crippen LogP contribution < -0.4 is 5.32 Å². The molecular weight excluding hydrogens is 276 g/mol. The molecule has 1 unspecified atom stereocenters. The van der Waals surface area contributed by atoms with Gasteiger partial charge in [0.05, 0.1) is 10.7 Å². The van der Waals surface area contributed by atoms with Crippen molar-refractivity contribution in [2.24, 2.45) is 5.41 Å². The number of aromatic nitrogens is 1. The van der Waals surface area contributed by atoms with Crippen LogP contribution in [0.15, 0.2) is 5.38 Å². The molecule has 1 aromatic rings. The Kier molecular flexibility index (Phi) is 6.86. The van der Waals surface area contributed by atoms with E-state index < -0.39 is 0 Å². The van der Waals surface area contributed by atoms with E-state index >= 15 is 0 Å². The Morgan fingerprint density at radius 1 is 1.19 bits per heavy atom. The molecule has 1 atom stereocenters. The largest absolute Gasteiger partial charge is 0.313 e. The van der Waals surface area contributed by atoms with Gasteiger partial charge in [-0.05, 0) is 37.6 Å². The summed E-state index contributed by atoms with van der Waals surface area (Å²) in [6.45, 7) is 17.1. The summed E-state index contributed by atoms with van der Waals surface area (Å²) in [6, 6.07) is 0.597. The van der Waals surface area contributed by atoms with Gasteiger partial charge in [-0.1, -0.05) is 48.5 Å². The summed E-state index contributed by atoms with van der Waals surface area (Å²) in [7, 11) is 0. The molecule has 0 aliphatic heterocycles. The zero-order valence-electron chi connectivity index (χ0n) is 15.0. The Morgan fingerprint density at radius 3 is 2.33 bits per heavy atom. The van der Waals surface area contributed by atoms with Crippen molar-refractivity contribution >= 4 is 11.3 Å². The van der Waals surface area contributed by atoms with Gasteiger partial charge in [0.2, 0.25) is 0 Å². The Balaban J connectivity index is 2.48. The fourth-order valence-corrected chi connectivity index (χ4v) is 3.45. The van der Waals surface area contributed by atoms with Crippen molar-refractivity contribution in [3.63, 3.8) is 0 Å². The normalized spacial score (nSPS) is 14.4. The number of rotatable bonds is 7. The molecule has 1 heterocycles. The topological polar surface area (TPSA) is 24.9 Å². The third-order valence-corrected chi connectivity index (χ3v) is 4.80. The monoisotopic (exact) mass is 310 g/mol. The van der Waals surface area contributed by atoms with Gasteiger partial charge in [-0.15, -0.1) is 11.3 Å². The van der Waals surface area contributed by atoms with E-state index in [0.717, 1.165) is 13.0 Å². The van der Waals surface area contributed by atoms with Gasteiger partial charge in [0, 0.05) is 16.8 Å². The Bertz CT molecular complexity index is 410. The van der Waals surface area contributed by atoms with Crippen LogP contribution in [0.25, 0.3) is 0 Å². The first-order valence-corrected chi connectivity index (χ1v) is 9.21. The molecular formula is C18H34N2S. The molecule has 1 aromatic heterocycles. The Labute approximate surface area is 135 Å². The van der Waals surface area contributed by atoms with Crippen LogP contribution >= 0.6 is 11.3 Å². The van der Waals surface area contributed by atoms with E-state index in [9.17, 15) is 0 Å². The van der Waals surface area contributed by atoms with Crippen LogP contribution in [0.3, 0.4) is 0 Å². The van der Waals surface area contributed by atoms with Crippen LogP contribution in [0.1, 0.15) is 78.4 Å². The first-order valence-electron chi connectivity index (χ1n) is 8.33. The van der Waals surface area contributed by atoms with E-state index in [1.165, 1.54) is 30.0 Å². The number of hydrogen-bond donors (Lipinski definition) is 1. The van der Waals surface area contributed by atoms with Crippen LogP contribution in [0.4, 0.5) is 0 Å². The summed E-state index contributed by atoms with van der Waals surface area (Å²) < 4.78 is 0. The van der Waals surface area contributed by atoms with Gasteiger partial charge >= 0.3 is 0 Å². The van der Waals surface area contributed by atoms with Gasteiger partial charge < -0.3 is 5.32 Å². The molecule has 0 amide bonds. The van der Waals surface area contributed by atoms with Crippen LogP contribution in [0, 0.1) is 5.41 Å². The Hall–Kier alpha value is -0.410. The third-order valence-electron chi connectivity index (χ3n) is 3.89. The van der Waals surface area contributed by atoms with Gasteiger partial charge in [0.15, 0.2) is 0 Å². The predicted octanol–water partition coefficient (Wildman–Crippen LogP) is 5.18. The van der Waals surface area contributed by atoms with Crippen molar-refractivity contribution in [3.05, 3.63) is 16.1 Å². The van der Waals surface area contributed by atoms with Crippen LogP contribution in [0.5, 0.6) is 0 Å². The Morgan fingerprint density at radius 2 is 1.86 bits per heavy atom. The molecule has 1 N–H and O–H groups in total. The molecule has 0 spiro atoms. The van der Waals surface area contributed by atoms with Crippen molar-refractivity contribution < 1.29 is 0 Å². The molecule has 0 saturated carbocycles.